The van der Waals surface area contributed by atoms with Crippen LogP contribution in [-0.2, 0) is 9.47 Å². The third-order valence-corrected chi connectivity index (χ3v) is 7.10. The van der Waals surface area contributed by atoms with Crippen LogP contribution >= 0.6 is 0 Å². The van der Waals surface area contributed by atoms with E-state index in [4.69, 9.17) is 20.2 Å². The van der Waals surface area contributed by atoms with Gasteiger partial charge in [0.15, 0.2) is 5.69 Å². The number of benzene rings is 1. The highest BCUT2D eigenvalue weighted by molar-refractivity contribution is 5.91. The van der Waals surface area contributed by atoms with Gasteiger partial charge in [-0.15, -0.1) is 0 Å². The predicted octanol–water partition coefficient (Wildman–Crippen LogP) is 5.16. The van der Waals surface area contributed by atoms with Gasteiger partial charge in [-0.3, -0.25) is 0 Å². The molecule has 1 aliphatic heterocycles. The molecule has 1 atom stereocenters. The van der Waals surface area contributed by atoms with E-state index in [1.165, 1.54) is 24.9 Å². The number of nitrogens with two attached hydrogens (primary N) is 1. The summed E-state index contributed by atoms with van der Waals surface area (Å²) >= 11 is 0. The fraction of sp³-hybridized carbons (Fsp3) is 0.571. The zero-order valence-electron chi connectivity index (χ0n) is 21.4. The van der Waals surface area contributed by atoms with Gasteiger partial charge in [0.05, 0.1) is 19.8 Å². The van der Waals surface area contributed by atoms with Crippen molar-refractivity contribution in [1.82, 2.24) is 4.98 Å². The number of carbonyl (C=O) groups is 1. The molecule has 1 saturated carbocycles. The van der Waals surface area contributed by atoms with E-state index in [0.29, 0.717) is 18.3 Å². The van der Waals surface area contributed by atoms with E-state index in [9.17, 15) is 4.79 Å². The molecule has 4 rings (SSSR count). The molecule has 2 aromatic rings. The van der Waals surface area contributed by atoms with Crippen molar-refractivity contribution in [3.8, 4) is 11.1 Å². The largest absolute Gasteiger partial charge is 0.461 e. The summed E-state index contributed by atoms with van der Waals surface area (Å²) in [6.45, 7) is 9.65. The maximum atomic E-state index is 12.8. The molecule has 190 valence electrons. The van der Waals surface area contributed by atoms with Crippen LogP contribution in [0.2, 0.25) is 0 Å². The Bertz CT molecular complexity index is 980. The lowest BCUT2D eigenvalue weighted by Crippen LogP contribution is -2.36. The van der Waals surface area contributed by atoms with Gasteiger partial charge in [-0.1, -0.05) is 45.2 Å². The average Bonchev–Trinajstić information content (AvgIpc) is 2.89. The third kappa shape index (κ3) is 6.14. The van der Waals surface area contributed by atoms with Gasteiger partial charge in [0.1, 0.15) is 5.82 Å². The number of rotatable bonds is 8. The highest BCUT2D eigenvalue weighted by Gasteiger charge is 2.26. The molecule has 1 aliphatic carbocycles. The smallest absolute Gasteiger partial charge is 0.357 e. The Labute approximate surface area is 209 Å². The Morgan fingerprint density at radius 1 is 1.17 bits per heavy atom. The minimum atomic E-state index is -0.407. The average molecular weight is 481 g/mol. The third-order valence-electron chi connectivity index (χ3n) is 7.10. The molecule has 35 heavy (non-hydrogen) atoms. The van der Waals surface area contributed by atoms with Crippen LogP contribution in [0.3, 0.4) is 0 Å². The molecule has 3 N–H and O–H groups in total. The Morgan fingerprint density at radius 2 is 1.86 bits per heavy atom. The van der Waals surface area contributed by atoms with E-state index in [0.717, 1.165) is 61.7 Å². The van der Waals surface area contributed by atoms with Crippen molar-refractivity contribution in [2.75, 3.05) is 43.1 Å². The first-order chi connectivity index (χ1) is 17.0. The summed E-state index contributed by atoms with van der Waals surface area (Å²) < 4.78 is 10.8. The van der Waals surface area contributed by atoms with E-state index in [2.05, 4.69) is 48.3 Å². The molecule has 0 bridgehead atoms. The van der Waals surface area contributed by atoms with Crippen molar-refractivity contribution >= 4 is 17.5 Å². The molecule has 0 amide bonds. The van der Waals surface area contributed by atoms with Crippen molar-refractivity contribution in [1.29, 1.82) is 0 Å². The highest BCUT2D eigenvalue weighted by atomic mass is 16.5. The van der Waals surface area contributed by atoms with Gasteiger partial charge in [-0.25, -0.2) is 9.78 Å². The molecule has 2 aliphatic rings. The van der Waals surface area contributed by atoms with Gasteiger partial charge in [-0.05, 0) is 55.0 Å². The second-order valence-corrected chi connectivity index (χ2v) is 9.93. The molecule has 0 radical (unpaired) electrons. The number of carbonyl (C=O) groups excluding carboxylic acids is 1. The van der Waals surface area contributed by atoms with E-state index in [-0.39, 0.29) is 12.0 Å². The van der Waals surface area contributed by atoms with Gasteiger partial charge in [0, 0.05) is 36.4 Å². The van der Waals surface area contributed by atoms with Crippen LogP contribution in [0.1, 0.15) is 75.0 Å². The molecule has 7 heteroatoms. The number of hydrogen-bond acceptors (Lipinski definition) is 7. The van der Waals surface area contributed by atoms with Crippen LogP contribution < -0.4 is 16.0 Å². The van der Waals surface area contributed by atoms with Crippen LogP contribution in [-0.4, -0.2) is 49.9 Å². The van der Waals surface area contributed by atoms with Crippen molar-refractivity contribution in [3.05, 3.63) is 41.6 Å². The van der Waals surface area contributed by atoms with Crippen LogP contribution in [0.4, 0.5) is 11.5 Å². The maximum Gasteiger partial charge on any atom is 0.357 e. The Balaban J connectivity index is 1.78. The van der Waals surface area contributed by atoms with E-state index in [1.807, 2.05) is 13.0 Å². The van der Waals surface area contributed by atoms with Crippen molar-refractivity contribution in [2.24, 2.45) is 11.7 Å². The molecule has 2 fully saturated rings. The highest BCUT2D eigenvalue weighted by Crippen LogP contribution is 2.38. The normalized spacial score (nSPS) is 17.9. The minimum absolute atomic E-state index is 0.212. The van der Waals surface area contributed by atoms with E-state index < -0.39 is 5.97 Å². The van der Waals surface area contributed by atoms with Crippen LogP contribution in [0.5, 0.6) is 0 Å². The number of anilines is 2. The fourth-order valence-electron chi connectivity index (χ4n) is 5.00. The number of pyridine rings is 1. The first-order valence-corrected chi connectivity index (χ1v) is 13.1. The Morgan fingerprint density at radius 3 is 2.49 bits per heavy atom. The van der Waals surface area contributed by atoms with Crippen LogP contribution in [0.15, 0.2) is 30.3 Å². The lowest BCUT2D eigenvalue weighted by molar-refractivity contribution is 0.0519. The van der Waals surface area contributed by atoms with E-state index in [1.54, 1.807) is 0 Å². The second kappa shape index (κ2) is 11.9. The summed E-state index contributed by atoms with van der Waals surface area (Å²) in [4.78, 5) is 19.9. The molecule has 2 heterocycles. The minimum Gasteiger partial charge on any atom is -0.461 e. The molecule has 1 unspecified atom stereocenters. The number of nitrogens with zero attached hydrogens (tertiary/aromatic N) is 2. The Hall–Kier alpha value is -2.64. The van der Waals surface area contributed by atoms with Gasteiger partial charge >= 0.3 is 5.97 Å². The number of esters is 1. The molecule has 1 saturated heterocycles. The van der Waals surface area contributed by atoms with Gasteiger partial charge < -0.3 is 25.4 Å². The maximum absolute atomic E-state index is 12.8. The Kier molecular flexibility index (Phi) is 8.63. The standard InChI is InChI=1S/C28H40N4O3/c1-4-35-28(33)24-18-23(20-10-12-22(13-11-20)32-14-16-34-17-15-32)25(26(29)19(2)3)27(31-24)30-21-8-6-5-7-9-21/h10-13,18-19,21,26H,4-9,14-17,29H2,1-3H3,(H,30,31). The molecule has 1 aromatic heterocycles. The summed E-state index contributed by atoms with van der Waals surface area (Å²) in [5, 5.41) is 3.67. The van der Waals surface area contributed by atoms with Crippen LogP contribution in [0, 0.1) is 5.92 Å². The van der Waals surface area contributed by atoms with Gasteiger partial charge in [-0.2, -0.15) is 0 Å². The summed E-state index contributed by atoms with van der Waals surface area (Å²) in [5.41, 5.74) is 11.2. The first kappa shape index (κ1) is 25.5. The zero-order valence-corrected chi connectivity index (χ0v) is 21.4. The first-order valence-electron chi connectivity index (χ1n) is 13.1. The lowest BCUT2D eigenvalue weighted by atomic mass is 9.88. The molecule has 1 aromatic carbocycles. The molecule has 7 nitrogen and oxygen atoms in total. The fourth-order valence-corrected chi connectivity index (χ4v) is 5.00. The summed E-state index contributed by atoms with van der Waals surface area (Å²) in [6, 6.07) is 10.5. The number of aromatic nitrogens is 1. The quantitative estimate of drug-likeness (QED) is 0.504. The van der Waals surface area contributed by atoms with Crippen molar-refractivity contribution in [3.63, 3.8) is 0 Å². The number of morpholine rings is 1. The van der Waals surface area contributed by atoms with Gasteiger partial charge in [0.25, 0.3) is 0 Å². The van der Waals surface area contributed by atoms with Crippen molar-refractivity contribution < 1.29 is 14.3 Å². The lowest BCUT2D eigenvalue weighted by Gasteiger charge is -2.30. The zero-order chi connectivity index (χ0) is 24.8. The number of hydrogen-bond donors (Lipinski definition) is 2. The molecule has 0 spiro atoms. The summed E-state index contributed by atoms with van der Waals surface area (Å²) in [7, 11) is 0. The molecular weight excluding hydrogens is 440 g/mol. The monoisotopic (exact) mass is 480 g/mol. The second-order valence-electron chi connectivity index (χ2n) is 9.93. The summed E-state index contributed by atoms with van der Waals surface area (Å²) in [6.07, 6.45) is 5.89. The molecular formula is C28H40N4O3. The van der Waals surface area contributed by atoms with E-state index >= 15 is 0 Å². The number of nitrogens with one attached hydrogen (secondary N) is 1. The number of ether oxygens (including phenoxy) is 2. The topological polar surface area (TPSA) is 89.7 Å². The SMILES string of the molecule is CCOC(=O)c1cc(-c2ccc(N3CCOCC3)cc2)c(C(N)C(C)C)c(NC2CCCCC2)n1. The summed E-state index contributed by atoms with van der Waals surface area (Å²) in [5.74, 6) is 0.523. The van der Waals surface area contributed by atoms with Crippen molar-refractivity contribution in [2.45, 2.75) is 65.0 Å². The van der Waals surface area contributed by atoms with Gasteiger partial charge in [0.2, 0.25) is 0 Å². The van der Waals surface area contributed by atoms with Crippen LogP contribution in [0.25, 0.3) is 11.1 Å². The predicted molar refractivity (Wildman–Crippen MR) is 141 cm³/mol.